The van der Waals surface area contributed by atoms with E-state index in [1.807, 2.05) is 24.3 Å². The molecular weight excluding hydrogens is 358 g/mol. The summed E-state index contributed by atoms with van der Waals surface area (Å²) < 4.78 is 11.2. The van der Waals surface area contributed by atoms with E-state index >= 15 is 0 Å². The van der Waals surface area contributed by atoms with Gasteiger partial charge < -0.3 is 14.4 Å². The van der Waals surface area contributed by atoms with Gasteiger partial charge in [-0.1, -0.05) is 18.2 Å². The predicted octanol–water partition coefficient (Wildman–Crippen LogP) is 2.01. The van der Waals surface area contributed by atoms with Crippen molar-refractivity contribution in [2.45, 2.75) is 25.5 Å². The molecule has 2 amide bonds. The molecule has 146 valence electrons. The Labute approximate surface area is 163 Å². The molecule has 1 atom stereocenters. The molecule has 4 rings (SSSR count). The molecule has 2 aliphatic rings. The highest BCUT2D eigenvalue weighted by atomic mass is 16.5. The highest BCUT2D eigenvalue weighted by molar-refractivity contribution is 6.02. The van der Waals surface area contributed by atoms with E-state index in [0.29, 0.717) is 24.5 Å². The largest absolute Gasteiger partial charge is 0.482 e. The van der Waals surface area contributed by atoms with Crippen LogP contribution < -0.4 is 9.64 Å². The Morgan fingerprint density at radius 1 is 1.25 bits per heavy atom. The van der Waals surface area contributed by atoms with Crippen LogP contribution in [0.25, 0.3) is 0 Å². The van der Waals surface area contributed by atoms with Gasteiger partial charge in [-0.15, -0.1) is 0 Å². The summed E-state index contributed by atoms with van der Waals surface area (Å²) in [4.78, 5) is 33.0. The van der Waals surface area contributed by atoms with Crippen molar-refractivity contribution in [2.75, 3.05) is 31.2 Å². The van der Waals surface area contributed by atoms with Crippen LogP contribution in [0.15, 0.2) is 48.8 Å². The smallest absolute Gasteiger partial charge is 0.265 e. The van der Waals surface area contributed by atoms with Crippen LogP contribution in [0.3, 0.4) is 0 Å². The van der Waals surface area contributed by atoms with E-state index in [1.165, 1.54) is 4.90 Å². The number of ether oxygens (including phenoxy) is 2. The van der Waals surface area contributed by atoms with E-state index in [1.54, 1.807) is 29.4 Å². The van der Waals surface area contributed by atoms with Gasteiger partial charge in [-0.25, -0.2) is 0 Å². The van der Waals surface area contributed by atoms with E-state index in [4.69, 9.17) is 9.47 Å². The Morgan fingerprint density at radius 3 is 2.93 bits per heavy atom. The number of para-hydroxylation sites is 2. The topological polar surface area (TPSA) is 72.0 Å². The molecule has 0 unspecified atom stereocenters. The minimum absolute atomic E-state index is 0.0216. The molecule has 1 fully saturated rings. The van der Waals surface area contributed by atoms with Gasteiger partial charge in [0.25, 0.3) is 5.91 Å². The minimum Gasteiger partial charge on any atom is -0.482 e. The predicted molar refractivity (Wildman–Crippen MR) is 103 cm³/mol. The lowest BCUT2D eigenvalue weighted by atomic mass is 10.2. The van der Waals surface area contributed by atoms with Crippen LogP contribution in [0.5, 0.6) is 5.75 Å². The van der Waals surface area contributed by atoms with Crippen molar-refractivity contribution in [1.29, 1.82) is 0 Å². The maximum Gasteiger partial charge on any atom is 0.265 e. The SMILES string of the molecule is O=C(CN1C(=O)COc2ccccc21)N(Cc1cccnc1)C[C@H]1CCCO1. The second kappa shape index (κ2) is 8.39. The lowest BCUT2D eigenvalue weighted by Crippen LogP contribution is -2.47. The first-order valence-corrected chi connectivity index (χ1v) is 9.51. The molecule has 3 heterocycles. The van der Waals surface area contributed by atoms with Crippen molar-refractivity contribution in [1.82, 2.24) is 9.88 Å². The summed E-state index contributed by atoms with van der Waals surface area (Å²) >= 11 is 0. The number of rotatable bonds is 6. The molecule has 0 aliphatic carbocycles. The molecule has 0 radical (unpaired) electrons. The molecule has 0 saturated carbocycles. The van der Waals surface area contributed by atoms with Crippen LogP contribution in [0.2, 0.25) is 0 Å². The molecule has 28 heavy (non-hydrogen) atoms. The zero-order chi connectivity index (χ0) is 19.3. The quantitative estimate of drug-likeness (QED) is 0.766. The molecule has 7 heteroatoms. The molecule has 1 aromatic carbocycles. The van der Waals surface area contributed by atoms with Crippen molar-refractivity contribution in [2.24, 2.45) is 0 Å². The van der Waals surface area contributed by atoms with Crippen molar-refractivity contribution in [3.8, 4) is 5.75 Å². The van der Waals surface area contributed by atoms with Gasteiger partial charge in [0.15, 0.2) is 6.61 Å². The second-order valence-electron chi connectivity index (χ2n) is 7.01. The second-order valence-corrected chi connectivity index (χ2v) is 7.01. The molecule has 0 bridgehead atoms. The minimum atomic E-state index is -0.217. The number of pyridine rings is 1. The molecule has 1 aromatic heterocycles. The molecule has 2 aliphatic heterocycles. The van der Waals surface area contributed by atoms with E-state index in [2.05, 4.69) is 4.98 Å². The summed E-state index contributed by atoms with van der Waals surface area (Å²) in [6.45, 7) is 1.60. The first kappa shape index (κ1) is 18.4. The molecule has 1 saturated heterocycles. The summed E-state index contributed by atoms with van der Waals surface area (Å²) in [5, 5.41) is 0. The number of nitrogens with zero attached hydrogens (tertiary/aromatic N) is 3. The van der Waals surface area contributed by atoms with Crippen LogP contribution >= 0.6 is 0 Å². The highest BCUT2D eigenvalue weighted by Crippen LogP contribution is 2.31. The normalized spacial score (nSPS) is 18.5. The van der Waals surface area contributed by atoms with Gasteiger partial charge in [-0.3, -0.25) is 19.5 Å². The fraction of sp³-hybridized carbons (Fsp3) is 0.381. The Morgan fingerprint density at radius 2 is 2.14 bits per heavy atom. The maximum absolute atomic E-state index is 13.2. The number of aromatic nitrogens is 1. The monoisotopic (exact) mass is 381 g/mol. The van der Waals surface area contributed by atoms with Crippen LogP contribution in [-0.2, 0) is 20.9 Å². The van der Waals surface area contributed by atoms with Crippen LogP contribution in [0.1, 0.15) is 18.4 Å². The standard InChI is InChI=1S/C21H23N3O4/c25-20(14-24-18-7-1-2-8-19(18)28-15-21(24)26)23(13-17-6-4-10-27-17)12-16-5-3-9-22-11-16/h1-3,5,7-9,11,17H,4,6,10,12-15H2/t17-/m1/s1. The number of amides is 2. The summed E-state index contributed by atoms with van der Waals surface area (Å²) in [5.41, 5.74) is 1.58. The highest BCUT2D eigenvalue weighted by Gasteiger charge is 2.30. The van der Waals surface area contributed by atoms with Gasteiger partial charge in [-0.05, 0) is 36.6 Å². The van der Waals surface area contributed by atoms with Gasteiger partial charge in [0, 0.05) is 32.1 Å². The third kappa shape index (κ3) is 4.14. The Hall–Kier alpha value is -2.93. The number of hydrogen-bond acceptors (Lipinski definition) is 5. The Kier molecular flexibility index (Phi) is 5.53. The lowest BCUT2D eigenvalue weighted by Gasteiger charge is -2.32. The first-order chi connectivity index (χ1) is 13.7. The number of fused-ring (bicyclic) bond motifs is 1. The van der Waals surface area contributed by atoms with Gasteiger partial charge in [-0.2, -0.15) is 0 Å². The van der Waals surface area contributed by atoms with Crippen molar-refractivity contribution in [3.05, 3.63) is 54.4 Å². The summed E-state index contributed by atoms with van der Waals surface area (Å²) in [7, 11) is 0. The number of hydrogen-bond donors (Lipinski definition) is 0. The van der Waals surface area contributed by atoms with Crippen LogP contribution in [0, 0.1) is 0 Å². The zero-order valence-corrected chi connectivity index (χ0v) is 15.6. The number of carbonyl (C=O) groups excluding carboxylic acids is 2. The average Bonchev–Trinajstić information content (AvgIpc) is 3.23. The van der Waals surface area contributed by atoms with E-state index in [-0.39, 0.29) is 31.1 Å². The Balaban J connectivity index is 1.52. The van der Waals surface area contributed by atoms with Gasteiger partial charge >= 0.3 is 0 Å². The first-order valence-electron chi connectivity index (χ1n) is 9.51. The van der Waals surface area contributed by atoms with E-state index < -0.39 is 0 Å². The van der Waals surface area contributed by atoms with Gasteiger partial charge in [0.05, 0.1) is 11.8 Å². The molecule has 0 N–H and O–H groups in total. The fourth-order valence-electron chi connectivity index (χ4n) is 3.56. The third-order valence-electron chi connectivity index (χ3n) is 5.00. The van der Waals surface area contributed by atoms with Crippen LogP contribution in [-0.4, -0.2) is 54.1 Å². The summed E-state index contributed by atoms with van der Waals surface area (Å²) in [6.07, 6.45) is 5.45. The van der Waals surface area contributed by atoms with Crippen molar-refractivity contribution in [3.63, 3.8) is 0 Å². The fourth-order valence-corrected chi connectivity index (χ4v) is 3.56. The van der Waals surface area contributed by atoms with Gasteiger partial charge in [0.1, 0.15) is 12.3 Å². The summed E-state index contributed by atoms with van der Waals surface area (Å²) in [6, 6.07) is 11.1. The van der Waals surface area contributed by atoms with Crippen molar-refractivity contribution < 1.29 is 19.1 Å². The summed E-state index contributed by atoms with van der Waals surface area (Å²) in [5.74, 6) is 0.280. The third-order valence-corrected chi connectivity index (χ3v) is 5.00. The molecular formula is C21H23N3O4. The van der Waals surface area contributed by atoms with Crippen LogP contribution in [0.4, 0.5) is 5.69 Å². The molecule has 7 nitrogen and oxygen atoms in total. The van der Waals surface area contributed by atoms with E-state index in [0.717, 1.165) is 25.0 Å². The number of anilines is 1. The van der Waals surface area contributed by atoms with Crippen molar-refractivity contribution >= 4 is 17.5 Å². The molecule has 0 spiro atoms. The lowest BCUT2D eigenvalue weighted by molar-refractivity contribution is -0.133. The average molecular weight is 381 g/mol. The Bertz CT molecular complexity index is 837. The molecule has 2 aromatic rings. The number of carbonyl (C=O) groups is 2. The van der Waals surface area contributed by atoms with E-state index in [9.17, 15) is 9.59 Å². The number of benzene rings is 1. The zero-order valence-electron chi connectivity index (χ0n) is 15.6. The maximum atomic E-state index is 13.2. The van der Waals surface area contributed by atoms with Gasteiger partial charge in [0.2, 0.25) is 5.91 Å².